The van der Waals surface area contributed by atoms with Gasteiger partial charge in [-0.2, -0.15) is 0 Å². The van der Waals surface area contributed by atoms with Gasteiger partial charge in [-0.1, -0.05) is 40.2 Å². The Hall–Kier alpha value is -2.51. The van der Waals surface area contributed by atoms with Crippen LogP contribution < -0.4 is 5.56 Å². The molecule has 28 heavy (non-hydrogen) atoms. The molecule has 0 aliphatic carbocycles. The van der Waals surface area contributed by atoms with Crippen LogP contribution >= 0.6 is 15.9 Å². The number of aryl methyl sites for hydroxylation is 1. The molecule has 0 saturated carbocycles. The molecule has 1 fully saturated rings. The number of hydrogen-bond donors (Lipinski definition) is 0. The van der Waals surface area contributed by atoms with E-state index in [-0.39, 0.29) is 24.1 Å². The van der Waals surface area contributed by atoms with E-state index in [2.05, 4.69) is 20.9 Å². The van der Waals surface area contributed by atoms with Crippen LogP contribution in [-0.2, 0) is 16.1 Å². The van der Waals surface area contributed by atoms with Crippen LogP contribution in [0, 0.1) is 6.92 Å². The molecule has 1 aliphatic heterocycles. The first-order chi connectivity index (χ1) is 13.5. The minimum Gasteiger partial charge on any atom is -0.370 e. The minimum atomic E-state index is -0.186. The Kier molecular flexibility index (Phi) is 5.28. The topological polar surface area (TPSA) is 64.4 Å². The van der Waals surface area contributed by atoms with Crippen molar-refractivity contribution in [3.05, 3.63) is 74.7 Å². The van der Waals surface area contributed by atoms with Crippen LogP contribution in [0.2, 0.25) is 0 Å². The van der Waals surface area contributed by atoms with Gasteiger partial charge in [0.15, 0.2) is 0 Å². The van der Waals surface area contributed by atoms with Gasteiger partial charge < -0.3 is 9.64 Å². The highest BCUT2D eigenvalue weighted by molar-refractivity contribution is 9.10. The van der Waals surface area contributed by atoms with Crippen LogP contribution in [0.1, 0.15) is 17.5 Å². The Morgan fingerprint density at radius 3 is 2.75 bits per heavy atom. The normalized spacial score (nSPS) is 17.1. The molecule has 2 aromatic carbocycles. The lowest BCUT2D eigenvalue weighted by molar-refractivity contribution is -0.139. The highest BCUT2D eigenvalue weighted by Gasteiger charge is 2.26. The van der Waals surface area contributed by atoms with E-state index in [1.807, 2.05) is 30.3 Å². The van der Waals surface area contributed by atoms with Gasteiger partial charge in [-0.25, -0.2) is 4.98 Å². The number of nitrogens with zero attached hydrogens (tertiary/aromatic N) is 3. The van der Waals surface area contributed by atoms with Gasteiger partial charge in [-0.3, -0.25) is 14.2 Å². The molecule has 1 unspecified atom stereocenters. The number of ether oxygens (including phenoxy) is 1. The van der Waals surface area contributed by atoms with Gasteiger partial charge >= 0.3 is 0 Å². The maximum Gasteiger partial charge on any atom is 0.261 e. The number of para-hydroxylation sites is 1. The summed E-state index contributed by atoms with van der Waals surface area (Å²) in [7, 11) is 0. The van der Waals surface area contributed by atoms with Crippen LogP contribution in [0.15, 0.2) is 57.8 Å². The number of rotatable bonds is 3. The highest BCUT2D eigenvalue weighted by atomic mass is 79.9. The van der Waals surface area contributed by atoms with E-state index >= 15 is 0 Å². The summed E-state index contributed by atoms with van der Waals surface area (Å²) in [5.74, 6) is 0.433. The van der Waals surface area contributed by atoms with Gasteiger partial charge in [-0.15, -0.1) is 0 Å². The monoisotopic (exact) mass is 441 g/mol. The van der Waals surface area contributed by atoms with Gasteiger partial charge in [0.25, 0.3) is 5.56 Å². The number of carbonyl (C=O) groups excluding carboxylic acids is 1. The molecule has 144 valence electrons. The van der Waals surface area contributed by atoms with E-state index < -0.39 is 0 Å². The SMILES string of the molecule is Cc1nc2ccccc2c(=O)n1CC(=O)N1CCOC(c2ccc(Br)cc2)C1. The number of benzene rings is 2. The Morgan fingerprint density at radius 2 is 1.96 bits per heavy atom. The second-order valence-electron chi connectivity index (χ2n) is 6.82. The lowest BCUT2D eigenvalue weighted by atomic mass is 10.1. The summed E-state index contributed by atoms with van der Waals surface area (Å²) >= 11 is 3.43. The van der Waals surface area contributed by atoms with Crippen molar-refractivity contribution < 1.29 is 9.53 Å². The predicted octanol–water partition coefficient (Wildman–Crippen LogP) is 3.07. The lowest BCUT2D eigenvalue weighted by Crippen LogP contribution is -2.45. The van der Waals surface area contributed by atoms with E-state index in [1.165, 1.54) is 4.57 Å². The first-order valence-corrected chi connectivity index (χ1v) is 9.93. The molecule has 1 aliphatic rings. The zero-order chi connectivity index (χ0) is 19.7. The van der Waals surface area contributed by atoms with Crippen molar-refractivity contribution in [2.24, 2.45) is 0 Å². The second kappa shape index (κ2) is 7.85. The molecule has 6 nitrogen and oxygen atoms in total. The van der Waals surface area contributed by atoms with Gasteiger partial charge in [0.2, 0.25) is 5.91 Å². The lowest BCUT2D eigenvalue weighted by Gasteiger charge is -2.33. The largest absolute Gasteiger partial charge is 0.370 e. The summed E-state index contributed by atoms with van der Waals surface area (Å²) in [6, 6.07) is 15.1. The fourth-order valence-corrected chi connectivity index (χ4v) is 3.72. The van der Waals surface area contributed by atoms with Gasteiger partial charge in [-0.05, 0) is 36.8 Å². The molecule has 0 bridgehead atoms. The van der Waals surface area contributed by atoms with Crippen LogP contribution in [0.5, 0.6) is 0 Å². The number of halogens is 1. The summed E-state index contributed by atoms with van der Waals surface area (Å²) in [6.07, 6.45) is -0.168. The quantitative estimate of drug-likeness (QED) is 0.626. The first-order valence-electron chi connectivity index (χ1n) is 9.14. The Morgan fingerprint density at radius 1 is 1.21 bits per heavy atom. The third kappa shape index (κ3) is 3.72. The molecule has 4 rings (SSSR count). The molecule has 1 amide bonds. The molecule has 3 aromatic rings. The highest BCUT2D eigenvalue weighted by Crippen LogP contribution is 2.24. The van der Waals surface area contributed by atoms with E-state index in [0.29, 0.717) is 36.4 Å². The van der Waals surface area contributed by atoms with Crippen LogP contribution in [-0.4, -0.2) is 40.1 Å². The van der Waals surface area contributed by atoms with Crippen LogP contribution in [0.4, 0.5) is 0 Å². The number of aromatic nitrogens is 2. The molecule has 0 spiro atoms. The van der Waals surface area contributed by atoms with Crippen LogP contribution in [0.3, 0.4) is 0 Å². The van der Waals surface area contributed by atoms with E-state index in [4.69, 9.17) is 4.74 Å². The molecule has 1 atom stereocenters. The van der Waals surface area contributed by atoms with Crippen molar-refractivity contribution >= 4 is 32.7 Å². The first kappa shape index (κ1) is 18.8. The summed E-state index contributed by atoms with van der Waals surface area (Å²) in [5, 5.41) is 0.524. The Bertz CT molecular complexity index is 1080. The Labute approximate surface area is 170 Å². The average Bonchev–Trinajstić information content (AvgIpc) is 2.71. The van der Waals surface area contributed by atoms with E-state index in [1.54, 1.807) is 30.0 Å². The zero-order valence-corrected chi connectivity index (χ0v) is 17.1. The standard InChI is InChI=1S/C21H20BrN3O3/c1-14-23-18-5-3-2-4-17(18)21(27)25(14)13-20(26)24-10-11-28-19(12-24)15-6-8-16(22)9-7-15/h2-9,19H,10-13H2,1H3. The molecular formula is C21H20BrN3O3. The van der Waals surface area contributed by atoms with Crippen molar-refractivity contribution in [3.63, 3.8) is 0 Å². The number of morpholine rings is 1. The maximum absolute atomic E-state index is 12.9. The van der Waals surface area contributed by atoms with Crippen molar-refractivity contribution in [1.82, 2.24) is 14.5 Å². The van der Waals surface area contributed by atoms with Crippen molar-refractivity contribution in [3.8, 4) is 0 Å². The summed E-state index contributed by atoms with van der Waals surface area (Å²) < 4.78 is 8.30. The molecule has 2 heterocycles. The second-order valence-corrected chi connectivity index (χ2v) is 7.73. The fourth-order valence-electron chi connectivity index (χ4n) is 3.46. The summed E-state index contributed by atoms with van der Waals surface area (Å²) in [4.78, 5) is 32.0. The number of amides is 1. The van der Waals surface area contributed by atoms with E-state index in [9.17, 15) is 9.59 Å². The zero-order valence-electron chi connectivity index (χ0n) is 15.5. The van der Waals surface area contributed by atoms with Crippen molar-refractivity contribution in [2.75, 3.05) is 19.7 Å². The van der Waals surface area contributed by atoms with Gasteiger partial charge in [0.05, 0.1) is 24.1 Å². The van der Waals surface area contributed by atoms with Gasteiger partial charge in [0.1, 0.15) is 18.5 Å². The van der Waals surface area contributed by atoms with Crippen molar-refractivity contribution in [1.29, 1.82) is 0 Å². The number of hydrogen-bond acceptors (Lipinski definition) is 4. The third-order valence-electron chi connectivity index (χ3n) is 5.01. The molecule has 0 N–H and O–H groups in total. The predicted molar refractivity (Wildman–Crippen MR) is 110 cm³/mol. The molecule has 1 saturated heterocycles. The average molecular weight is 442 g/mol. The summed E-state index contributed by atoms with van der Waals surface area (Å²) in [5.41, 5.74) is 1.49. The van der Waals surface area contributed by atoms with E-state index in [0.717, 1.165) is 10.0 Å². The minimum absolute atomic E-state index is 0.0183. The molecule has 7 heteroatoms. The third-order valence-corrected chi connectivity index (χ3v) is 5.54. The van der Waals surface area contributed by atoms with Crippen molar-refractivity contribution in [2.45, 2.75) is 19.6 Å². The number of carbonyl (C=O) groups is 1. The Balaban J connectivity index is 1.54. The molecule has 0 radical (unpaired) electrons. The molecular weight excluding hydrogens is 422 g/mol. The molecule has 1 aromatic heterocycles. The summed E-state index contributed by atoms with van der Waals surface area (Å²) in [6.45, 7) is 3.19. The number of fused-ring (bicyclic) bond motifs is 1. The maximum atomic E-state index is 12.9. The fraction of sp³-hybridized carbons (Fsp3) is 0.286. The smallest absolute Gasteiger partial charge is 0.261 e. The van der Waals surface area contributed by atoms with Crippen LogP contribution in [0.25, 0.3) is 10.9 Å². The van der Waals surface area contributed by atoms with Gasteiger partial charge in [0, 0.05) is 11.0 Å².